The molecule has 0 heterocycles. The highest BCUT2D eigenvalue weighted by Gasteiger charge is 2.28. The molecule has 5 nitrogen and oxygen atoms in total. The molecule has 0 aliphatic heterocycles. The van der Waals surface area contributed by atoms with Crippen LogP contribution in [-0.4, -0.2) is 42.1 Å². The van der Waals surface area contributed by atoms with Crippen molar-refractivity contribution in [3.63, 3.8) is 0 Å². The summed E-state index contributed by atoms with van der Waals surface area (Å²) in [5.41, 5.74) is 0. The van der Waals surface area contributed by atoms with Gasteiger partial charge >= 0.3 is 5.97 Å². The Morgan fingerprint density at radius 1 is 1.25 bits per heavy atom. The van der Waals surface area contributed by atoms with Crippen LogP contribution in [0.2, 0.25) is 0 Å². The first-order valence-corrected chi connectivity index (χ1v) is 9.15. The number of aliphatic carboxylic acids is 1. The molecule has 0 aromatic heterocycles. The smallest absolute Gasteiger partial charge is 0.303 e. The number of hydrogen-bond acceptors (Lipinski definition) is 3. The lowest BCUT2D eigenvalue weighted by atomic mass is 9.91. The van der Waals surface area contributed by atoms with Crippen molar-refractivity contribution in [3.05, 3.63) is 0 Å². The molecule has 0 unspecified atom stereocenters. The molecule has 0 atom stereocenters. The molecule has 118 valence electrons. The van der Waals surface area contributed by atoms with Gasteiger partial charge in [-0.3, -0.25) is 4.79 Å². The van der Waals surface area contributed by atoms with Crippen LogP contribution in [0.15, 0.2) is 0 Å². The highest BCUT2D eigenvalue weighted by atomic mass is 32.2. The zero-order valence-corrected chi connectivity index (χ0v) is 13.4. The fourth-order valence-electron chi connectivity index (χ4n) is 2.85. The number of rotatable bonds is 8. The molecule has 0 radical (unpaired) electrons. The Kier molecular flexibility index (Phi) is 6.95. The topological polar surface area (TPSA) is 74.7 Å². The monoisotopic (exact) mass is 305 g/mol. The van der Waals surface area contributed by atoms with E-state index in [1.807, 2.05) is 13.8 Å². The van der Waals surface area contributed by atoms with Crippen LogP contribution >= 0.6 is 0 Å². The number of nitrogens with zero attached hydrogens (tertiary/aromatic N) is 1. The lowest BCUT2D eigenvalue weighted by Gasteiger charge is -2.29. The van der Waals surface area contributed by atoms with E-state index in [1.165, 1.54) is 10.7 Å². The van der Waals surface area contributed by atoms with E-state index >= 15 is 0 Å². The van der Waals surface area contributed by atoms with Crippen molar-refractivity contribution in [2.45, 2.75) is 64.8 Å². The second-order valence-electron chi connectivity index (χ2n) is 5.98. The van der Waals surface area contributed by atoms with Crippen molar-refractivity contribution in [1.82, 2.24) is 4.31 Å². The molecule has 0 spiro atoms. The van der Waals surface area contributed by atoms with E-state index in [0.29, 0.717) is 13.0 Å². The van der Waals surface area contributed by atoms with Crippen LogP contribution in [0.5, 0.6) is 0 Å². The number of sulfonamides is 1. The van der Waals surface area contributed by atoms with Crippen LogP contribution in [0.1, 0.15) is 58.8 Å². The number of carboxylic acid groups (broad SMARTS) is 1. The van der Waals surface area contributed by atoms with Crippen molar-refractivity contribution in [2.24, 2.45) is 5.92 Å². The first-order chi connectivity index (χ1) is 9.33. The van der Waals surface area contributed by atoms with Crippen LogP contribution in [0.4, 0.5) is 0 Å². The van der Waals surface area contributed by atoms with E-state index in [9.17, 15) is 13.2 Å². The second kappa shape index (κ2) is 7.98. The predicted octanol–water partition coefficient (Wildman–Crippen LogP) is 2.47. The van der Waals surface area contributed by atoms with E-state index in [2.05, 4.69) is 0 Å². The maximum absolute atomic E-state index is 12.5. The minimum Gasteiger partial charge on any atom is -0.481 e. The Hall–Kier alpha value is -0.620. The molecule has 6 heteroatoms. The van der Waals surface area contributed by atoms with Crippen molar-refractivity contribution in [1.29, 1.82) is 0 Å². The quantitative estimate of drug-likeness (QED) is 0.747. The van der Waals surface area contributed by atoms with Gasteiger partial charge in [-0.25, -0.2) is 8.42 Å². The molecule has 1 fully saturated rings. The van der Waals surface area contributed by atoms with E-state index in [1.54, 1.807) is 0 Å². The highest BCUT2D eigenvalue weighted by molar-refractivity contribution is 7.89. The highest BCUT2D eigenvalue weighted by Crippen LogP contribution is 2.26. The normalized spacial score (nSPS) is 17.8. The number of carbonyl (C=O) groups is 1. The maximum Gasteiger partial charge on any atom is 0.303 e. The predicted molar refractivity (Wildman–Crippen MR) is 79.1 cm³/mol. The van der Waals surface area contributed by atoms with Gasteiger partial charge in [0.1, 0.15) is 0 Å². The van der Waals surface area contributed by atoms with Gasteiger partial charge in [-0.15, -0.1) is 0 Å². The van der Waals surface area contributed by atoms with Gasteiger partial charge in [0.25, 0.3) is 0 Å². The summed E-state index contributed by atoms with van der Waals surface area (Å²) in [6, 6.07) is -0.114. The van der Waals surface area contributed by atoms with Gasteiger partial charge in [-0.2, -0.15) is 4.31 Å². The van der Waals surface area contributed by atoms with Crippen LogP contribution in [-0.2, 0) is 14.8 Å². The fourth-order valence-corrected chi connectivity index (χ4v) is 5.02. The van der Waals surface area contributed by atoms with Crippen molar-refractivity contribution in [2.75, 3.05) is 12.3 Å². The first kappa shape index (κ1) is 17.4. The van der Waals surface area contributed by atoms with Gasteiger partial charge < -0.3 is 5.11 Å². The summed E-state index contributed by atoms with van der Waals surface area (Å²) in [5, 5.41) is 8.66. The fraction of sp³-hybridized carbons (Fsp3) is 0.929. The summed E-state index contributed by atoms with van der Waals surface area (Å²) >= 11 is 0. The maximum atomic E-state index is 12.5. The molecule has 0 bridgehead atoms. The lowest BCUT2D eigenvalue weighted by molar-refractivity contribution is -0.137. The van der Waals surface area contributed by atoms with Gasteiger partial charge in [-0.1, -0.05) is 19.3 Å². The zero-order valence-electron chi connectivity index (χ0n) is 12.5. The van der Waals surface area contributed by atoms with Crippen LogP contribution in [0, 0.1) is 5.92 Å². The Labute approximate surface area is 122 Å². The molecule has 0 aromatic carbocycles. The number of carboxylic acids is 1. The van der Waals surface area contributed by atoms with Crippen molar-refractivity contribution in [3.8, 4) is 0 Å². The van der Waals surface area contributed by atoms with E-state index in [4.69, 9.17) is 5.11 Å². The summed E-state index contributed by atoms with van der Waals surface area (Å²) in [5.74, 6) is -0.383. The third-order valence-electron chi connectivity index (χ3n) is 3.87. The summed E-state index contributed by atoms with van der Waals surface area (Å²) in [6.07, 6.45) is 5.85. The summed E-state index contributed by atoms with van der Waals surface area (Å²) in [4.78, 5) is 10.5. The van der Waals surface area contributed by atoms with Crippen LogP contribution in [0.3, 0.4) is 0 Å². The molecule has 1 aliphatic rings. The molecule has 1 aliphatic carbocycles. The second-order valence-corrected chi connectivity index (χ2v) is 7.95. The molecule has 1 rings (SSSR count). The minimum absolute atomic E-state index is 0.0160. The van der Waals surface area contributed by atoms with Crippen LogP contribution < -0.4 is 0 Å². The molecule has 1 saturated carbocycles. The van der Waals surface area contributed by atoms with Gasteiger partial charge in [-0.05, 0) is 39.0 Å². The summed E-state index contributed by atoms with van der Waals surface area (Å²) in [7, 11) is -3.28. The van der Waals surface area contributed by atoms with Gasteiger partial charge in [0.15, 0.2) is 0 Å². The first-order valence-electron chi connectivity index (χ1n) is 7.54. The minimum atomic E-state index is -3.28. The Balaban J connectivity index is 2.60. The Morgan fingerprint density at radius 2 is 1.85 bits per heavy atom. The SMILES string of the molecule is CC(C)N(CCCC(=O)O)S(=O)(=O)CC1CCCCC1. The van der Waals surface area contributed by atoms with Crippen LogP contribution in [0.25, 0.3) is 0 Å². The van der Waals surface area contributed by atoms with Gasteiger partial charge in [0.2, 0.25) is 10.0 Å². The molecular weight excluding hydrogens is 278 g/mol. The third kappa shape index (κ3) is 5.79. The molecular formula is C14H27NO4S. The largest absolute Gasteiger partial charge is 0.481 e. The van der Waals surface area contributed by atoms with Crippen molar-refractivity contribution >= 4 is 16.0 Å². The molecule has 0 amide bonds. The standard InChI is InChI=1S/C14H27NO4S/c1-12(2)15(10-6-9-14(16)17)20(18,19)11-13-7-4-3-5-8-13/h12-13H,3-11H2,1-2H3,(H,16,17). The Bertz CT molecular complexity index is 399. The molecule has 20 heavy (non-hydrogen) atoms. The average molecular weight is 305 g/mol. The molecule has 0 aromatic rings. The van der Waals surface area contributed by atoms with E-state index in [0.717, 1.165) is 25.7 Å². The van der Waals surface area contributed by atoms with E-state index in [-0.39, 0.29) is 24.1 Å². The van der Waals surface area contributed by atoms with Crippen molar-refractivity contribution < 1.29 is 18.3 Å². The Morgan fingerprint density at radius 3 is 2.35 bits per heavy atom. The molecule has 1 N–H and O–H groups in total. The third-order valence-corrected chi connectivity index (χ3v) is 6.08. The molecule has 0 saturated heterocycles. The summed E-state index contributed by atoms with van der Waals surface area (Å²) < 4.78 is 26.5. The van der Waals surface area contributed by atoms with E-state index < -0.39 is 16.0 Å². The van der Waals surface area contributed by atoms with Gasteiger partial charge in [0.05, 0.1) is 5.75 Å². The zero-order chi connectivity index (χ0) is 15.2. The average Bonchev–Trinajstić information content (AvgIpc) is 2.34. The number of hydrogen-bond donors (Lipinski definition) is 1. The van der Waals surface area contributed by atoms with Gasteiger partial charge in [0, 0.05) is 19.0 Å². The lowest BCUT2D eigenvalue weighted by Crippen LogP contribution is -2.41. The summed E-state index contributed by atoms with van der Waals surface area (Å²) in [6.45, 7) is 4.00.